The van der Waals surface area contributed by atoms with Crippen LogP contribution in [0.5, 0.6) is 0 Å². The number of para-hydroxylation sites is 2. The zero-order chi connectivity index (χ0) is 44.5. The van der Waals surface area contributed by atoms with Crippen LogP contribution in [0.4, 0.5) is 0 Å². The molecule has 316 valence electrons. The monoisotopic (exact) mass is 854 g/mol. The summed E-state index contributed by atoms with van der Waals surface area (Å²) in [4.78, 5) is 85.8. The van der Waals surface area contributed by atoms with Gasteiger partial charge in [0.25, 0.3) is 28.6 Å². The van der Waals surface area contributed by atoms with E-state index in [2.05, 4.69) is 30.5 Å². The second-order valence-electron chi connectivity index (χ2n) is 14.1. The fraction of sp³-hybridized carbons (Fsp3) is 0.0870. The van der Waals surface area contributed by atoms with Gasteiger partial charge >= 0.3 is 0 Å². The Bertz CT molecular complexity index is 3210. The van der Waals surface area contributed by atoms with Crippen molar-refractivity contribution < 1.29 is 28.3 Å². The molecule has 0 aliphatic carbocycles. The number of aromatic nitrogens is 4. The van der Waals surface area contributed by atoms with Crippen molar-refractivity contribution in [2.75, 3.05) is 13.1 Å². The molecular formula is C46H34N10O8. The number of fused-ring (bicyclic) bond motifs is 2. The highest BCUT2D eigenvalue weighted by atomic mass is 16.4. The number of allylic oxidation sites excluding steroid dienone is 6. The largest absolute Gasteiger partial charge is 0.493 e. The molecule has 9 rings (SSSR count). The van der Waals surface area contributed by atoms with Crippen molar-refractivity contribution in [1.29, 1.82) is 0 Å². The van der Waals surface area contributed by atoms with E-state index >= 15 is 0 Å². The van der Waals surface area contributed by atoms with Gasteiger partial charge in [-0.25, -0.2) is 9.36 Å². The molecule has 3 amide bonds. The number of benzene rings is 3. The summed E-state index contributed by atoms with van der Waals surface area (Å²) in [5.74, 6) is -4.06. The van der Waals surface area contributed by atoms with Gasteiger partial charge in [-0.3, -0.25) is 24.0 Å². The van der Waals surface area contributed by atoms with Crippen LogP contribution < -0.4 is 16.2 Å². The van der Waals surface area contributed by atoms with Gasteiger partial charge in [-0.15, -0.1) is 10.2 Å². The number of amidine groups is 2. The van der Waals surface area contributed by atoms with E-state index < -0.39 is 62.7 Å². The predicted octanol–water partition coefficient (Wildman–Crippen LogP) is 5.13. The SMILES string of the molecule is CCN1C=CC=CC1=CC1=NC(=O)C(=Cc2nn(-c3ccccc3)c3c(=O)c4oc(C=C5C(=O)N=C(C=C6C=CC=CN6CC)NC5=O)nn(-c5ccccc5)c4c(=O)c3o2)C(O)=N1. The number of nitrogens with zero attached hydrogens (tertiary/aromatic N) is 9. The Morgan fingerprint density at radius 3 is 1.61 bits per heavy atom. The van der Waals surface area contributed by atoms with Crippen LogP contribution in [0.25, 0.3) is 45.7 Å². The van der Waals surface area contributed by atoms with E-state index in [0.29, 0.717) is 35.9 Å². The maximum absolute atomic E-state index is 14.8. The lowest BCUT2D eigenvalue weighted by molar-refractivity contribution is -0.122. The van der Waals surface area contributed by atoms with E-state index in [0.717, 1.165) is 21.5 Å². The average molecular weight is 855 g/mol. The van der Waals surface area contributed by atoms with E-state index in [4.69, 9.17) is 8.83 Å². The Balaban J connectivity index is 1.20. The lowest BCUT2D eigenvalue weighted by Crippen LogP contribution is -2.38. The van der Waals surface area contributed by atoms with E-state index in [1.807, 2.05) is 60.4 Å². The third kappa shape index (κ3) is 7.62. The molecule has 0 radical (unpaired) electrons. The van der Waals surface area contributed by atoms with Crippen molar-refractivity contribution in [2.45, 2.75) is 13.8 Å². The number of carbonyl (C=O) groups is 3. The van der Waals surface area contributed by atoms with Gasteiger partial charge in [0.15, 0.2) is 16.9 Å². The maximum Gasteiger partial charge on any atom is 0.284 e. The number of carbonyl (C=O) groups excluding carboxylic acids is 3. The average Bonchev–Trinajstić information content (AvgIpc) is 3.31. The van der Waals surface area contributed by atoms with E-state index in [1.165, 1.54) is 0 Å². The first kappa shape index (κ1) is 40.4. The van der Waals surface area contributed by atoms with Crippen molar-refractivity contribution in [3.05, 3.63) is 176 Å². The molecule has 0 spiro atoms. The fourth-order valence-corrected chi connectivity index (χ4v) is 7.04. The predicted molar refractivity (Wildman–Crippen MR) is 238 cm³/mol. The van der Waals surface area contributed by atoms with Crippen molar-refractivity contribution in [1.82, 2.24) is 34.7 Å². The smallest absolute Gasteiger partial charge is 0.284 e. The summed E-state index contributed by atoms with van der Waals surface area (Å²) in [7, 11) is 0. The fourth-order valence-electron chi connectivity index (χ4n) is 7.04. The minimum atomic E-state index is -0.900. The van der Waals surface area contributed by atoms with Gasteiger partial charge < -0.3 is 29.1 Å². The van der Waals surface area contributed by atoms with Crippen molar-refractivity contribution in [3.63, 3.8) is 0 Å². The number of aliphatic hydroxyl groups excluding tert-OH is 1. The molecule has 18 heteroatoms. The minimum absolute atomic E-state index is 0.0171. The van der Waals surface area contributed by atoms with Crippen LogP contribution in [0.1, 0.15) is 25.6 Å². The van der Waals surface area contributed by atoms with E-state index in [1.54, 1.807) is 85.0 Å². The highest BCUT2D eigenvalue weighted by Crippen LogP contribution is 2.24. The molecular weight excluding hydrogens is 821 g/mol. The van der Waals surface area contributed by atoms with Crippen LogP contribution >= 0.6 is 0 Å². The van der Waals surface area contributed by atoms with Crippen LogP contribution in [0, 0.1) is 0 Å². The second kappa shape index (κ2) is 16.8. The van der Waals surface area contributed by atoms with Crippen LogP contribution in [-0.4, -0.2) is 82.8 Å². The number of nitrogens with one attached hydrogen (secondary N) is 1. The van der Waals surface area contributed by atoms with Crippen molar-refractivity contribution in [3.8, 4) is 11.4 Å². The van der Waals surface area contributed by atoms with Gasteiger partial charge in [0.1, 0.15) is 17.0 Å². The molecule has 4 aliphatic heterocycles. The first-order valence-electron chi connectivity index (χ1n) is 19.9. The third-order valence-corrected chi connectivity index (χ3v) is 10.1. The number of hydrogen-bond donors (Lipinski definition) is 2. The molecule has 3 aromatic carbocycles. The topological polar surface area (TPSA) is 223 Å². The molecule has 6 heterocycles. The number of aliphatic imine (C=N–C) groups is 3. The number of likely N-dealkylation sites (N-methyl/N-ethyl adjacent to an activating group) is 2. The quantitative estimate of drug-likeness (QED) is 0.118. The molecule has 0 atom stereocenters. The third-order valence-electron chi connectivity index (χ3n) is 10.1. The molecule has 0 saturated heterocycles. The van der Waals surface area contributed by atoms with Crippen LogP contribution in [-0.2, 0) is 14.4 Å². The van der Waals surface area contributed by atoms with Crippen LogP contribution in [0.2, 0.25) is 0 Å². The maximum atomic E-state index is 14.8. The zero-order valence-electron chi connectivity index (χ0n) is 33.9. The summed E-state index contributed by atoms with van der Waals surface area (Å²) in [6.45, 7) is 5.15. The van der Waals surface area contributed by atoms with Gasteiger partial charge in [0.2, 0.25) is 28.8 Å². The highest BCUT2D eigenvalue weighted by Gasteiger charge is 2.29. The summed E-state index contributed by atoms with van der Waals surface area (Å²) < 4.78 is 14.3. The Hall–Kier alpha value is -9.06. The number of aliphatic hydroxyl groups is 1. The Morgan fingerprint density at radius 2 is 1.11 bits per heavy atom. The molecule has 64 heavy (non-hydrogen) atoms. The Labute approximate surface area is 361 Å². The first-order chi connectivity index (χ1) is 31.1. The summed E-state index contributed by atoms with van der Waals surface area (Å²) in [5.41, 5.74) is -2.38. The van der Waals surface area contributed by atoms with E-state index in [-0.39, 0.29) is 28.6 Å². The zero-order valence-corrected chi connectivity index (χ0v) is 33.9. The summed E-state index contributed by atoms with van der Waals surface area (Å²) >= 11 is 0. The van der Waals surface area contributed by atoms with Gasteiger partial charge in [-0.05, 0) is 62.4 Å². The second-order valence-corrected chi connectivity index (χ2v) is 14.1. The summed E-state index contributed by atoms with van der Waals surface area (Å²) in [6, 6.07) is 16.6. The Morgan fingerprint density at radius 1 is 0.609 bits per heavy atom. The standard InChI is InChI=1S/C46H34N10O8/c1-3-53-21-13-11-19-29(53)23-33-47-43(59)31(44(60)48-33)25-35-51-55(27-15-7-5-8-16-27)37-40(58)42-38(39(57)41(37)63-35)56(28-17-9-6-10-18-28)52-36(64-42)26-32-45(61)49-34(50-46(32)62)24-30-20-12-14-22-54(30)4-2/h5-26H,3-4H2,1-2H3,(H,47,48,59,60)(H,49,50,61,62). The summed E-state index contributed by atoms with van der Waals surface area (Å²) in [5, 5.41) is 22.6. The first-order valence-corrected chi connectivity index (χ1v) is 19.9. The van der Waals surface area contributed by atoms with E-state index in [9.17, 15) is 29.1 Å². The van der Waals surface area contributed by atoms with Crippen molar-refractivity contribution in [2.24, 2.45) is 15.0 Å². The molecule has 4 aliphatic rings. The van der Waals surface area contributed by atoms with Gasteiger partial charge in [-0.2, -0.15) is 15.0 Å². The highest BCUT2D eigenvalue weighted by molar-refractivity contribution is 6.32. The lowest BCUT2D eigenvalue weighted by atomic mass is 10.1. The molecule has 0 saturated carbocycles. The molecule has 2 aromatic heterocycles. The normalized spacial score (nSPS) is 18.8. The van der Waals surface area contributed by atoms with Gasteiger partial charge in [-0.1, -0.05) is 48.6 Å². The molecule has 0 bridgehead atoms. The van der Waals surface area contributed by atoms with Gasteiger partial charge in [0, 0.05) is 61.2 Å². The number of hydrogen-bond acceptors (Lipinski definition) is 12. The minimum Gasteiger partial charge on any atom is -0.493 e. The lowest BCUT2D eigenvalue weighted by Gasteiger charge is -2.22. The molecule has 2 N–H and O–H groups in total. The Kier molecular flexibility index (Phi) is 10.6. The molecule has 18 nitrogen and oxygen atoms in total. The van der Waals surface area contributed by atoms with Crippen LogP contribution in [0.15, 0.2) is 178 Å². The van der Waals surface area contributed by atoms with Gasteiger partial charge in [0.05, 0.1) is 11.4 Å². The number of rotatable bonds is 8. The molecule has 0 fully saturated rings. The molecule has 0 unspecified atom stereocenters. The van der Waals surface area contributed by atoms with Crippen LogP contribution in [0.3, 0.4) is 0 Å². The molecule has 5 aromatic rings. The van der Waals surface area contributed by atoms with Crippen molar-refractivity contribution >= 4 is 69.6 Å². The number of amides is 3. The summed E-state index contributed by atoms with van der Waals surface area (Å²) in [6.07, 6.45) is 19.8.